The molecule has 0 aliphatic heterocycles. The van der Waals surface area contributed by atoms with Crippen LogP contribution in [0.25, 0.3) is 16.0 Å². The second kappa shape index (κ2) is 6.41. The Morgan fingerprint density at radius 3 is 2.68 bits per heavy atom. The predicted octanol–water partition coefficient (Wildman–Crippen LogP) is 4.62. The molecule has 0 unspecified atom stereocenters. The first kappa shape index (κ1) is 15.4. The molecule has 4 aromatic rings. The molecule has 6 heteroatoms. The number of methoxy groups -OCH3 is 1. The third kappa shape index (κ3) is 2.88. The van der Waals surface area contributed by atoms with Gasteiger partial charge in [-0.25, -0.2) is 9.78 Å². The van der Waals surface area contributed by atoms with Crippen LogP contribution < -0.4 is 5.32 Å². The molecule has 124 valence electrons. The van der Waals surface area contributed by atoms with E-state index < -0.39 is 0 Å². The SMILES string of the molecule is COC(=O)c1sc(-n2cnc3ccccc32)cc1Nc1ccccc1. The molecule has 0 saturated carbocycles. The fraction of sp³-hybridized carbons (Fsp3) is 0.0526. The summed E-state index contributed by atoms with van der Waals surface area (Å²) < 4.78 is 6.91. The number of nitrogens with zero attached hydrogens (tertiary/aromatic N) is 2. The van der Waals surface area contributed by atoms with Crippen molar-refractivity contribution < 1.29 is 9.53 Å². The van der Waals surface area contributed by atoms with E-state index in [4.69, 9.17) is 4.74 Å². The molecule has 0 aliphatic carbocycles. The van der Waals surface area contributed by atoms with Crippen molar-refractivity contribution in [3.8, 4) is 5.00 Å². The van der Waals surface area contributed by atoms with Gasteiger partial charge in [0.2, 0.25) is 0 Å². The number of hydrogen-bond acceptors (Lipinski definition) is 5. The molecule has 2 heterocycles. The number of thiophene rings is 1. The van der Waals surface area contributed by atoms with Gasteiger partial charge < -0.3 is 10.1 Å². The normalized spacial score (nSPS) is 10.8. The second-order valence-corrected chi connectivity index (χ2v) is 6.44. The van der Waals surface area contributed by atoms with Crippen LogP contribution in [0.2, 0.25) is 0 Å². The Morgan fingerprint density at radius 2 is 1.88 bits per heavy atom. The lowest BCUT2D eigenvalue weighted by Gasteiger charge is -2.05. The minimum Gasteiger partial charge on any atom is -0.465 e. The van der Waals surface area contributed by atoms with Gasteiger partial charge in [0.1, 0.15) is 16.2 Å². The molecule has 2 aromatic heterocycles. The van der Waals surface area contributed by atoms with E-state index in [0.717, 1.165) is 27.4 Å². The number of fused-ring (bicyclic) bond motifs is 1. The highest BCUT2D eigenvalue weighted by molar-refractivity contribution is 7.17. The summed E-state index contributed by atoms with van der Waals surface area (Å²) in [6.07, 6.45) is 1.77. The number of para-hydroxylation sites is 3. The summed E-state index contributed by atoms with van der Waals surface area (Å²) in [7, 11) is 1.39. The van der Waals surface area contributed by atoms with Gasteiger partial charge in [-0.3, -0.25) is 4.57 Å². The van der Waals surface area contributed by atoms with E-state index >= 15 is 0 Å². The molecule has 0 atom stereocenters. The first-order chi connectivity index (χ1) is 12.3. The fourth-order valence-corrected chi connectivity index (χ4v) is 3.66. The van der Waals surface area contributed by atoms with Gasteiger partial charge in [0.05, 0.1) is 23.8 Å². The van der Waals surface area contributed by atoms with Crippen LogP contribution in [-0.2, 0) is 4.74 Å². The Labute approximate surface area is 148 Å². The van der Waals surface area contributed by atoms with Crippen LogP contribution in [0.4, 0.5) is 11.4 Å². The molecule has 0 bridgehead atoms. The summed E-state index contributed by atoms with van der Waals surface area (Å²) in [5, 5.41) is 4.19. The van der Waals surface area contributed by atoms with Crippen molar-refractivity contribution >= 4 is 39.7 Å². The molecule has 0 radical (unpaired) electrons. The number of esters is 1. The molecule has 2 aromatic carbocycles. The molecule has 1 N–H and O–H groups in total. The molecule has 4 rings (SSSR count). The number of anilines is 2. The van der Waals surface area contributed by atoms with E-state index in [1.54, 1.807) is 6.33 Å². The lowest BCUT2D eigenvalue weighted by Crippen LogP contribution is -2.01. The van der Waals surface area contributed by atoms with Gasteiger partial charge in [-0.2, -0.15) is 0 Å². The first-order valence-electron chi connectivity index (χ1n) is 7.73. The van der Waals surface area contributed by atoms with E-state index in [1.165, 1.54) is 18.4 Å². The number of ether oxygens (including phenoxy) is 1. The van der Waals surface area contributed by atoms with Crippen LogP contribution in [0.1, 0.15) is 9.67 Å². The number of benzene rings is 2. The summed E-state index contributed by atoms with van der Waals surface area (Å²) in [6.45, 7) is 0. The summed E-state index contributed by atoms with van der Waals surface area (Å²) in [4.78, 5) is 17.1. The van der Waals surface area contributed by atoms with E-state index in [1.807, 2.05) is 65.2 Å². The average Bonchev–Trinajstić information content (AvgIpc) is 3.26. The van der Waals surface area contributed by atoms with Gasteiger partial charge in [-0.05, 0) is 30.3 Å². The molecule has 25 heavy (non-hydrogen) atoms. The van der Waals surface area contributed by atoms with E-state index in [2.05, 4.69) is 10.3 Å². The van der Waals surface area contributed by atoms with Crippen molar-refractivity contribution in [2.24, 2.45) is 0 Å². The van der Waals surface area contributed by atoms with Crippen LogP contribution in [0.5, 0.6) is 0 Å². The smallest absolute Gasteiger partial charge is 0.350 e. The van der Waals surface area contributed by atoms with Crippen LogP contribution in [0.15, 0.2) is 67.0 Å². The van der Waals surface area contributed by atoms with Gasteiger partial charge >= 0.3 is 5.97 Å². The molecule has 0 saturated heterocycles. The Hall–Kier alpha value is -3.12. The van der Waals surface area contributed by atoms with Crippen molar-refractivity contribution in [2.45, 2.75) is 0 Å². The fourth-order valence-electron chi connectivity index (χ4n) is 2.65. The van der Waals surface area contributed by atoms with Crippen LogP contribution in [0, 0.1) is 0 Å². The lowest BCUT2D eigenvalue weighted by molar-refractivity contribution is 0.0607. The quantitative estimate of drug-likeness (QED) is 0.546. The molecule has 0 fully saturated rings. The topological polar surface area (TPSA) is 56.2 Å². The second-order valence-electron chi connectivity index (χ2n) is 5.41. The molecule has 0 aliphatic rings. The Bertz CT molecular complexity index is 1040. The highest BCUT2D eigenvalue weighted by Gasteiger charge is 2.19. The molecule has 5 nitrogen and oxygen atoms in total. The zero-order valence-corrected chi connectivity index (χ0v) is 14.3. The van der Waals surface area contributed by atoms with Gasteiger partial charge in [-0.1, -0.05) is 30.3 Å². The van der Waals surface area contributed by atoms with E-state index in [9.17, 15) is 4.79 Å². The van der Waals surface area contributed by atoms with Crippen LogP contribution >= 0.6 is 11.3 Å². The number of imidazole rings is 1. The first-order valence-corrected chi connectivity index (χ1v) is 8.54. The summed E-state index contributed by atoms with van der Waals surface area (Å²) in [5.74, 6) is -0.362. The maximum atomic E-state index is 12.2. The van der Waals surface area contributed by atoms with Crippen molar-refractivity contribution in [3.05, 3.63) is 71.9 Å². The summed E-state index contributed by atoms with van der Waals surface area (Å²) in [6, 6.07) is 19.6. The van der Waals surface area contributed by atoms with Gasteiger partial charge in [0.25, 0.3) is 0 Å². The van der Waals surface area contributed by atoms with Crippen LogP contribution in [0.3, 0.4) is 0 Å². The van der Waals surface area contributed by atoms with Gasteiger partial charge in [0, 0.05) is 5.69 Å². The average molecular weight is 349 g/mol. The zero-order chi connectivity index (χ0) is 17.2. The molecule has 0 amide bonds. The Morgan fingerprint density at radius 1 is 1.12 bits per heavy atom. The summed E-state index contributed by atoms with van der Waals surface area (Å²) >= 11 is 1.37. The van der Waals surface area contributed by atoms with Gasteiger partial charge in [-0.15, -0.1) is 11.3 Å². The molecular formula is C19H15N3O2S. The predicted molar refractivity (Wildman–Crippen MR) is 100 cm³/mol. The maximum absolute atomic E-state index is 12.2. The monoisotopic (exact) mass is 349 g/mol. The number of hydrogen-bond donors (Lipinski definition) is 1. The largest absolute Gasteiger partial charge is 0.465 e. The number of aromatic nitrogens is 2. The summed E-state index contributed by atoms with van der Waals surface area (Å²) in [5.41, 5.74) is 3.53. The van der Waals surface area contributed by atoms with Gasteiger partial charge in [0.15, 0.2) is 0 Å². The Kier molecular flexibility index (Phi) is 3.95. The van der Waals surface area contributed by atoms with Crippen molar-refractivity contribution in [1.82, 2.24) is 9.55 Å². The number of carbonyl (C=O) groups excluding carboxylic acids is 1. The molecule has 0 spiro atoms. The van der Waals surface area contributed by atoms with Crippen molar-refractivity contribution in [1.29, 1.82) is 0 Å². The molecular weight excluding hydrogens is 334 g/mol. The lowest BCUT2D eigenvalue weighted by atomic mass is 10.3. The Balaban J connectivity index is 1.80. The third-order valence-corrected chi connectivity index (χ3v) is 4.95. The van der Waals surface area contributed by atoms with E-state index in [-0.39, 0.29) is 5.97 Å². The zero-order valence-electron chi connectivity index (χ0n) is 13.5. The number of rotatable bonds is 4. The van der Waals surface area contributed by atoms with E-state index in [0.29, 0.717) is 4.88 Å². The highest BCUT2D eigenvalue weighted by Crippen LogP contribution is 2.34. The third-order valence-electron chi connectivity index (χ3n) is 3.83. The minimum atomic E-state index is -0.362. The van der Waals surface area contributed by atoms with Crippen molar-refractivity contribution in [2.75, 3.05) is 12.4 Å². The number of carbonyl (C=O) groups is 1. The highest BCUT2D eigenvalue weighted by atomic mass is 32.1. The van der Waals surface area contributed by atoms with Crippen molar-refractivity contribution in [3.63, 3.8) is 0 Å². The maximum Gasteiger partial charge on any atom is 0.350 e. The van der Waals surface area contributed by atoms with Crippen LogP contribution in [-0.4, -0.2) is 22.6 Å². The standard InChI is InChI=1S/C19H15N3O2S/c1-24-19(23)18-15(21-13-7-3-2-4-8-13)11-17(25-18)22-12-20-14-9-5-6-10-16(14)22/h2-12,21H,1H3. The minimum absolute atomic E-state index is 0.362. The number of nitrogens with one attached hydrogen (secondary N) is 1.